The summed E-state index contributed by atoms with van der Waals surface area (Å²) in [5.41, 5.74) is 11.1. The first kappa shape index (κ1) is 26.3. The lowest BCUT2D eigenvalue weighted by Gasteiger charge is -2.31. The maximum Gasteiger partial charge on any atom is 0.328 e. The number of nitrogens with two attached hydrogens (primary N) is 1. The summed E-state index contributed by atoms with van der Waals surface area (Å²) in [6.07, 6.45) is 1.01. The molecule has 3 aliphatic rings. The smallest absolute Gasteiger partial charge is 0.328 e. The zero-order valence-electron chi connectivity index (χ0n) is 24.9. The molecule has 4 heterocycles. The van der Waals surface area contributed by atoms with Crippen molar-refractivity contribution in [3.05, 3.63) is 89.5 Å². The Balaban J connectivity index is 1.41. The third kappa shape index (κ3) is 3.18. The van der Waals surface area contributed by atoms with Crippen LogP contribution in [-0.2, 0) is 16.1 Å². The Bertz CT molecular complexity index is 2300. The molecule has 3 atom stereocenters. The first-order chi connectivity index (χ1) is 21.9. The van der Waals surface area contributed by atoms with Crippen LogP contribution in [0.15, 0.2) is 72.8 Å². The van der Waals surface area contributed by atoms with Crippen molar-refractivity contribution >= 4 is 61.4 Å². The number of benzene rings is 4. The number of nitrogens with zero attached hydrogens (tertiary/aromatic N) is 3. The quantitative estimate of drug-likeness (QED) is 0.197. The average molecular weight is 599 g/mol. The van der Waals surface area contributed by atoms with Gasteiger partial charge in [-0.2, -0.15) is 0 Å². The highest BCUT2D eigenvalue weighted by Crippen LogP contribution is 2.56. The molecule has 6 aromatic rings. The van der Waals surface area contributed by atoms with Crippen LogP contribution < -0.4 is 10.5 Å². The largest absolute Gasteiger partial charge is 0.497 e. The van der Waals surface area contributed by atoms with Crippen molar-refractivity contribution in [1.29, 1.82) is 0 Å². The lowest BCUT2D eigenvalue weighted by molar-refractivity contribution is -0.150. The van der Waals surface area contributed by atoms with Crippen molar-refractivity contribution in [3.8, 4) is 5.75 Å². The molecule has 0 spiro atoms. The van der Waals surface area contributed by atoms with Gasteiger partial charge < -0.3 is 24.3 Å². The van der Waals surface area contributed by atoms with E-state index in [9.17, 15) is 14.4 Å². The number of rotatable bonds is 5. The van der Waals surface area contributed by atoms with Crippen LogP contribution in [0.4, 0.5) is 0 Å². The molecule has 1 aliphatic carbocycles. The van der Waals surface area contributed by atoms with Crippen LogP contribution in [0.3, 0.4) is 0 Å². The van der Waals surface area contributed by atoms with E-state index >= 15 is 0 Å². The van der Waals surface area contributed by atoms with Gasteiger partial charge in [0, 0.05) is 38.6 Å². The number of ether oxygens (including phenoxy) is 2. The Morgan fingerprint density at radius 2 is 1.44 bits per heavy atom. The van der Waals surface area contributed by atoms with E-state index in [1.807, 2.05) is 66.7 Å². The van der Waals surface area contributed by atoms with Crippen molar-refractivity contribution in [1.82, 2.24) is 14.0 Å². The van der Waals surface area contributed by atoms with Crippen molar-refractivity contribution in [3.63, 3.8) is 0 Å². The van der Waals surface area contributed by atoms with E-state index in [4.69, 9.17) is 15.2 Å². The number of carbonyl (C=O) groups excluding carboxylic acids is 3. The molecule has 2 N–H and O–H groups in total. The van der Waals surface area contributed by atoms with Gasteiger partial charge in [-0.3, -0.25) is 14.5 Å². The van der Waals surface area contributed by atoms with Crippen LogP contribution in [0.5, 0.6) is 5.75 Å². The molecular formula is C36H30N4O5. The maximum atomic E-state index is 14.5. The van der Waals surface area contributed by atoms with E-state index in [2.05, 4.69) is 15.2 Å². The topological polar surface area (TPSA) is 109 Å². The molecular weight excluding hydrogens is 568 g/mol. The Morgan fingerprint density at radius 3 is 2.04 bits per heavy atom. The summed E-state index contributed by atoms with van der Waals surface area (Å²) in [5, 5.41) is 3.26. The number of carbonyl (C=O) groups is 3. The van der Waals surface area contributed by atoms with Gasteiger partial charge in [0.15, 0.2) is 0 Å². The number of hydrogen-bond acceptors (Lipinski definition) is 6. The van der Waals surface area contributed by atoms with Crippen LogP contribution in [0.2, 0.25) is 0 Å². The molecule has 45 heavy (non-hydrogen) atoms. The molecule has 2 aliphatic heterocycles. The Labute approximate surface area is 257 Å². The fourth-order valence-corrected chi connectivity index (χ4v) is 8.39. The third-order valence-electron chi connectivity index (χ3n) is 10.2. The fourth-order valence-electron chi connectivity index (χ4n) is 8.39. The molecule has 4 aromatic carbocycles. The number of hydrogen-bond donors (Lipinski definition) is 1. The number of fused-ring (bicyclic) bond motifs is 13. The number of aromatic nitrogens is 2. The fraction of sp³-hybridized carbons (Fsp3) is 0.250. The van der Waals surface area contributed by atoms with Crippen molar-refractivity contribution in [2.75, 3.05) is 13.7 Å². The number of para-hydroxylation sites is 2. The third-order valence-corrected chi connectivity index (χ3v) is 10.2. The van der Waals surface area contributed by atoms with Crippen LogP contribution in [0, 0.1) is 0 Å². The van der Waals surface area contributed by atoms with Crippen LogP contribution in [0.25, 0.3) is 43.6 Å². The summed E-state index contributed by atoms with van der Waals surface area (Å²) < 4.78 is 15.3. The van der Waals surface area contributed by atoms with Gasteiger partial charge in [0.1, 0.15) is 11.3 Å². The summed E-state index contributed by atoms with van der Waals surface area (Å²) >= 11 is 0. The standard InChI is InChI=1S/C36H30N4O5/c1-3-45-35(43)36(37)17-20-16-26(36)40-25-11-7-5-9-23(25)28-30-29(27-22-8-4-6-10-24(22)39(20)31(27)32(28)40)33(41)38(34(30)42)18-19-12-14-21(44-2)15-13-19/h4-15,20,26H,3,16-18,37H2,1-2H3/t20?,26?,36-/m0/s1. The molecule has 1 saturated carbocycles. The molecule has 1 fully saturated rings. The van der Waals surface area contributed by atoms with Crippen LogP contribution >= 0.6 is 0 Å². The van der Waals surface area contributed by atoms with Gasteiger partial charge in [-0.05, 0) is 49.6 Å². The molecule has 0 radical (unpaired) electrons. The summed E-state index contributed by atoms with van der Waals surface area (Å²) in [7, 11) is 1.60. The van der Waals surface area contributed by atoms with Gasteiger partial charge in [-0.15, -0.1) is 0 Å². The van der Waals surface area contributed by atoms with Gasteiger partial charge in [0.2, 0.25) is 0 Å². The predicted molar refractivity (Wildman–Crippen MR) is 171 cm³/mol. The number of esters is 1. The molecule has 9 heteroatoms. The second-order valence-electron chi connectivity index (χ2n) is 12.4. The van der Waals surface area contributed by atoms with Gasteiger partial charge in [-0.1, -0.05) is 48.5 Å². The Hall–Kier alpha value is -5.15. The highest BCUT2D eigenvalue weighted by atomic mass is 16.5. The minimum Gasteiger partial charge on any atom is -0.497 e. The molecule has 0 saturated heterocycles. The maximum absolute atomic E-state index is 14.5. The zero-order valence-corrected chi connectivity index (χ0v) is 24.9. The van der Waals surface area contributed by atoms with Gasteiger partial charge in [0.05, 0.1) is 48.5 Å². The molecule has 2 unspecified atom stereocenters. The number of methoxy groups -OCH3 is 1. The van der Waals surface area contributed by atoms with Crippen molar-refractivity contribution in [2.45, 2.75) is 43.9 Å². The molecule has 9 nitrogen and oxygen atoms in total. The second-order valence-corrected chi connectivity index (χ2v) is 12.4. The molecule has 2 aromatic heterocycles. The van der Waals surface area contributed by atoms with E-state index in [0.717, 1.165) is 49.2 Å². The summed E-state index contributed by atoms with van der Waals surface area (Å²) in [4.78, 5) is 44.0. The molecule has 2 amide bonds. The minimum atomic E-state index is -1.27. The monoisotopic (exact) mass is 598 g/mol. The number of imide groups is 1. The lowest BCUT2D eigenvalue weighted by atomic mass is 9.92. The molecule has 2 bridgehead atoms. The zero-order chi connectivity index (χ0) is 30.8. The van der Waals surface area contributed by atoms with Gasteiger partial charge >= 0.3 is 5.97 Å². The summed E-state index contributed by atoms with van der Waals surface area (Å²) in [6, 6.07) is 22.8. The Kier molecular flexibility index (Phi) is 5.23. The van der Waals surface area contributed by atoms with Crippen molar-refractivity contribution in [2.24, 2.45) is 5.73 Å². The Morgan fingerprint density at radius 1 is 0.867 bits per heavy atom. The minimum absolute atomic E-state index is 0.116. The van der Waals surface area contributed by atoms with Crippen LogP contribution in [-0.4, -0.2) is 51.1 Å². The van der Waals surface area contributed by atoms with E-state index in [0.29, 0.717) is 29.7 Å². The normalized spacial score (nSPS) is 21.9. The predicted octanol–water partition coefficient (Wildman–Crippen LogP) is 5.86. The number of amides is 2. The van der Waals surface area contributed by atoms with E-state index < -0.39 is 17.6 Å². The SMILES string of the molecule is CCOC(=O)[C@]1(N)CC2CC1n1c3ccccc3c3c4c(c5c6ccccc6n2c5c31)C(=O)N(Cc1ccc(OC)cc1)C4=O. The van der Waals surface area contributed by atoms with E-state index in [1.54, 1.807) is 14.0 Å². The van der Waals surface area contributed by atoms with Gasteiger partial charge in [-0.25, -0.2) is 4.79 Å². The van der Waals surface area contributed by atoms with Crippen molar-refractivity contribution < 1.29 is 23.9 Å². The second kappa shape index (κ2) is 8.95. The highest BCUT2D eigenvalue weighted by Gasteiger charge is 2.56. The lowest BCUT2D eigenvalue weighted by Crippen LogP contribution is -2.53. The highest BCUT2D eigenvalue weighted by molar-refractivity contribution is 6.39. The first-order valence-corrected chi connectivity index (χ1v) is 15.3. The van der Waals surface area contributed by atoms with Crippen LogP contribution in [0.1, 0.15) is 58.1 Å². The average Bonchev–Trinajstić information content (AvgIpc) is 3.72. The summed E-state index contributed by atoms with van der Waals surface area (Å²) in [5.74, 6) is -0.349. The van der Waals surface area contributed by atoms with Gasteiger partial charge in [0.25, 0.3) is 11.8 Å². The van der Waals surface area contributed by atoms with E-state index in [-0.39, 0.29) is 31.0 Å². The molecule has 9 rings (SSSR count). The van der Waals surface area contributed by atoms with E-state index in [1.165, 1.54) is 4.90 Å². The molecule has 224 valence electrons. The first-order valence-electron chi connectivity index (χ1n) is 15.3. The summed E-state index contributed by atoms with van der Waals surface area (Å²) in [6.45, 7) is 2.16.